The van der Waals surface area contributed by atoms with Crippen molar-refractivity contribution in [2.45, 2.75) is 19.6 Å². The summed E-state index contributed by atoms with van der Waals surface area (Å²) >= 11 is 1.65. The Morgan fingerprint density at radius 2 is 1.74 bits per heavy atom. The van der Waals surface area contributed by atoms with Crippen LogP contribution in [0.25, 0.3) is 0 Å². The molecule has 1 aliphatic heterocycles. The summed E-state index contributed by atoms with van der Waals surface area (Å²) in [6.07, 6.45) is 2.03. The maximum Gasteiger partial charge on any atom is 0.149 e. The van der Waals surface area contributed by atoms with E-state index in [1.54, 1.807) is 11.8 Å². The standard InChI is InChI=1S/C19H20N2OS/c1-15(20-16-9-5-3-6-10-16)13-18-21(19(2,22)14-23-18)17-11-7-4-8-12-17/h3-13,22H,14H2,1-2H3/b18-13+,20-15?/t19-/m1/s1. The van der Waals surface area contributed by atoms with Gasteiger partial charge in [0.05, 0.1) is 10.7 Å². The van der Waals surface area contributed by atoms with Gasteiger partial charge in [0.1, 0.15) is 5.72 Å². The molecule has 0 spiro atoms. The smallest absolute Gasteiger partial charge is 0.149 e. The molecule has 1 atom stereocenters. The summed E-state index contributed by atoms with van der Waals surface area (Å²) in [5.41, 5.74) is 1.94. The van der Waals surface area contributed by atoms with Crippen LogP contribution in [0.15, 0.2) is 76.8 Å². The van der Waals surface area contributed by atoms with Gasteiger partial charge in [-0.25, -0.2) is 0 Å². The SMILES string of the molecule is CC(/C=C1/SC[C@@](C)(O)N1c1ccccc1)=Nc1ccccc1. The summed E-state index contributed by atoms with van der Waals surface area (Å²) in [6.45, 7) is 3.83. The Morgan fingerprint density at radius 3 is 2.39 bits per heavy atom. The molecule has 1 heterocycles. The molecule has 3 nitrogen and oxygen atoms in total. The minimum absolute atomic E-state index is 0.631. The number of rotatable bonds is 3. The van der Waals surface area contributed by atoms with Gasteiger partial charge in [-0.3, -0.25) is 4.99 Å². The van der Waals surface area contributed by atoms with Crippen LogP contribution in [0.3, 0.4) is 0 Å². The topological polar surface area (TPSA) is 35.8 Å². The lowest BCUT2D eigenvalue weighted by molar-refractivity contribution is 0.0950. The molecule has 3 rings (SSSR count). The van der Waals surface area contributed by atoms with Crippen LogP contribution in [0.5, 0.6) is 0 Å². The maximum absolute atomic E-state index is 10.7. The first-order valence-electron chi connectivity index (χ1n) is 7.59. The fraction of sp³-hybridized carbons (Fsp3) is 0.211. The van der Waals surface area contributed by atoms with Gasteiger partial charge in [-0.05, 0) is 44.2 Å². The summed E-state index contributed by atoms with van der Waals surface area (Å²) in [5.74, 6) is 0.631. The van der Waals surface area contributed by atoms with Crippen LogP contribution in [0, 0.1) is 0 Å². The minimum Gasteiger partial charge on any atom is -0.370 e. The van der Waals surface area contributed by atoms with Crippen molar-refractivity contribution in [1.29, 1.82) is 0 Å². The van der Waals surface area contributed by atoms with Crippen LogP contribution >= 0.6 is 11.8 Å². The highest BCUT2D eigenvalue weighted by atomic mass is 32.2. The van der Waals surface area contributed by atoms with Crippen molar-refractivity contribution in [2.75, 3.05) is 10.7 Å². The third-order valence-electron chi connectivity index (χ3n) is 3.60. The molecular weight excluding hydrogens is 304 g/mol. The highest BCUT2D eigenvalue weighted by Gasteiger charge is 2.38. The van der Waals surface area contributed by atoms with Crippen LogP contribution in [0.1, 0.15) is 13.8 Å². The molecule has 1 saturated heterocycles. The fourth-order valence-electron chi connectivity index (χ4n) is 2.58. The monoisotopic (exact) mass is 324 g/mol. The van der Waals surface area contributed by atoms with Gasteiger partial charge in [0.25, 0.3) is 0 Å². The third kappa shape index (κ3) is 3.66. The number of benzene rings is 2. The Morgan fingerprint density at radius 1 is 1.13 bits per heavy atom. The maximum atomic E-state index is 10.7. The van der Waals surface area contributed by atoms with Crippen molar-refractivity contribution in [3.8, 4) is 0 Å². The molecule has 0 saturated carbocycles. The molecule has 1 aliphatic rings. The van der Waals surface area contributed by atoms with E-state index in [2.05, 4.69) is 4.99 Å². The molecule has 0 unspecified atom stereocenters. The highest BCUT2D eigenvalue weighted by Crippen LogP contribution is 2.41. The number of para-hydroxylation sites is 2. The average Bonchev–Trinajstić information content (AvgIpc) is 2.83. The molecule has 0 aliphatic carbocycles. The molecule has 0 aromatic heterocycles. The Bertz CT molecular complexity index is 724. The number of thioether (sulfide) groups is 1. The van der Waals surface area contributed by atoms with Gasteiger partial charge in [-0.15, -0.1) is 11.8 Å². The van der Waals surface area contributed by atoms with E-state index in [-0.39, 0.29) is 0 Å². The first-order chi connectivity index (χ1) is 11.1. The zero-order valence-electron chi connectivity index (χ0n) is 13.3. The normalized spacial score (nSPS) is 23.5. The van der Waals surface area contributed by atoms with Gasteiger partial charge >= 0.3 is 0 Å². The van der Waals surface area contributed by atoms with Crippen molar-refractivity contribution in [3.63, 3.8) is 0 Å². The zero-order valence-corrected chi connectivity index (χ0v) is 14.1. The molecular formula is C19H20N2OS. The molecule has 1 fully saturated rings. The first kappa shape index (κ1) is 15.8. The van der Waals surface area contributed by atoms with E-state index in [0.717, 1.165) is 22.1 Å². The molecule has 4 heteroatoms. The van der Waals surface area contributed by atoms with Gasteiger partial charge in [0, 0.05) is 17.2 Å². The molecule has 0 bridgehead atoms. The molecule has 1 N–H and O–H groups in total. The van der Waals surface area contributed by atoms with E-state index in [4.69, 9.17) is 0 Å². The Labute approximate surface area is 141 Å². The molecule has 2 aromatic rings. The second-order valence-corrected chi connectivity index (χ2v) is 6.74. The minimum atomic E-state index is -0.898. The molecule has 0 radical (unpaired) electrons. The number of anilines is 1. The largest absolute Gasteiger partial charge is 0.370 e. The van der Waals surface area contributed by atoms with Crippen molar-refractivity contribution in [2.24, 2.45) is 4.99 Å². The number of nitrogens with zero attached hydrogens (tertiary/aromatic N) is 2. The molecule has 118 valence electrons. The third-order valence-corrected chi connectivity index (χ3v) is 4.89. The van der Waals surface area contributed by atoms with Gasteiger partial charge < -0.3 is 10.0 Å². The second kappa shape index (κ2) is 6.60. The Balaban J connectivity index is 1.93. The highest BCUT2D eigenvalue weighted by molar-refractivity contribution is 8.03. The number of aliphatic hydroxyl groups is 1. The number of hydrogen-bond donors (Lipinski definition) is 1. The number of aliphatic imine (C=N–C) groups is 1. The van der Waals surface area contributed by atoms with E-state index in [1.165, 1.54) is 0 Å². The predicted molar refractivity (Wildman–Crippen MR) is 99.3 cm³/mol. The van der Waals surface area contributed by atoms with Crippen LogP contribution in [-0.4, -0.2) is 22.3 Å². The average molecular weight is 324 g/mol. The lowest BCUT2D eigenvalue weighted by Crippen LogP contribution is -2.42. The van der Waals surface area contributed by atoms with Crippen LogP contribution in [-0.2, 0) is 0 Å². The van der Waals surface area contributed by atoms with E-state index >= 15 is 0 Å². The van der Waals surface area contributed by atoms with Gasteiger partial charge in [-0.2, -0.15) is 0 Å². The van der Waals surface area contributed by atoms with Gasteiger partial charge in [0.2, 0.25) is 0 Å². The van der Waals surface area contributed by atoms with E-state index in [0.29, 0.717) is 5.75 Å². The van der Waals surface area contributed by atoms with E-state index in [9.17, 15) is 5.11 Å². The molecule has 0 amide bonds. The molecule has 23 heavy (non-hydrogen) atoms. The van der Waals surface area contributed by atoms with Crippen molar-refractivity contribution in [1.82, 2.24) is 0 Å². The van der Waals surface area contributed by atoms with E-state index < -0.39 is 5.72 Å². The van der Waals surface area contributed by atoms with Crippen LogP contribution in [0.2, 0.25) is 0 Å². The summed E-state index contributed by atoms with van der Waals surface area (Å²) in [5, 5.41) is 11.7. The summed E-state index contributed by atoms with van der Waals surface area (Å²) < 4.78 is 0. The summed E-state index contributed by atoms with van der Waals surface area (Å²) in [6, 6.07) is 19.9. The van der Waals surface area contributed by atoms with Gasteiger partial charge in [0.15, 0.2) is 0 Å². The first-order valence-corrected chi connectivity index (χ1v) is 8.57. The van der Waals surface area contributed by atoms with Gasteiger partial charge in [-0.1, -0.05) is 36.4 Å². The number of hydrogen-bond acceptors (Lipinski definition) is 4. The quantitative estimate of drug-likeness (QED) is 0.839. The second-order valence-electron chi connectivity index (χ2n) is 5.75. The lowest BCUT2D eigenvalue weighted by Gasteiger charge is -2.31. The Kier molecular flexibility index (Phi) is 4.55. The van der Waals surface area contributed by atoms with Crippen LogP contribution in [0.4, 0.5) is 11.4 Å². The number of allylic oxidation sites excluding steroid dienone is 1. The molecule has 2 aromatic carbocycles. The van der Waals surface area contributed by atoms with Crippen molar-refractivity contribution >= 4 is 28.8 Å². The van der Waals surface area contributed by atoms with Crippen molar-refractivity contribution < 1.29 is 5.11 Å². The summed E-state index contributed by atoms with van der Waals surface area (Å²) in [7, 11) is 0. The lowest BCUT2D eigenvalue weighted by atomic mass is 10.2. The van der Waals surface area contributed by atoms with Crippen molar-refractivity contribution in [3.05, 3.63) is 71.8 Å². The summed E-state index contributed by atoms with van der Waals surface area (Å²) in [4.78, 5) is 6.59. The zero-order chi connectivity index (χ0) is 16.3. The van der Waals surface area contributed by atoms with E-state index in [1.807, 2.05) is 85.5 Å². The predicted octanol–water partition coefficient (Wildman–Crippen LogP) is 4.58. The fourth-order valence-corrected chi connectivity index (χ4v) is 3.82. The van der Waals surface area contributed by atoms with Crippen LogP contribution < -0.4 is 4.90 Å². The Hall–Kier alpha value is -2.04.